The molecule has 1 N–H and O–H groups in total. The Morgan fingerprint density at radius 2 is 2.24 bits per heavy atom. The minimum Gasteiger partial charge on any atom is -0.391 e. The summed E-state index contributed by atoms with van der Waals surface area (Å²) in [6.45, 7) is 0.0589. The van der Waals surface area contributed by atoms with Crippen LogP contribution in [0.25, 0.3) is 5.65 Å². The zero-order valence-electron chi connectivity index (χ0n) is 11.5. The summed E-state index contributed by atoms with van der Waals surface area (Å²) in [4.78, 5) is 4.05. The smallest absolute Gasteiger partial charge is 0.262 e. The molecule has 6 nitrogen and oxygen atoms in total. The summed E-state index contributed by atoms with van der Waals surface area (Å²) in [5.74, 6) is 0.209. The van der Waals surface area contributed by atoms with Crippen LogP contribution in [0.1, 0.15) is 12.8 Å². The number of fused-ring (bicyclic) bond motifs is 1. The number of imidazole rings is 1. The van der Waals surface area contributed by atoms with Crippen molar-refractivity contribution in [2.75, 3.05) is 13.6 Å². The zero-order valence-corrected chi connectivity index (χ0v) is 13.0. The second kappa shape index (κ2) is 5.24. The molecule has 0 saturated heterocycles. The predicted molar refractivity (Wildman–Crippen MR) is 78.7 cm³/mol. The van der Waals surface area contributed by atoms with Gasteiger partial charge in [-0.3, -0.25) is 4.40 Å². The van der Waals surface area contributed by atoms with Crippen molar-refractivity contribution >= 4 is 27.3 Å². The van der Waals surface area contributed by atoms with Crippen molar-refractivity contribution < 1.29 is 13.5 Å². The zero-order chi connectivity index (χ0) is 15.2. The van der Waals surface area contributed by atoms with Gasteiger partial charge in [0.25, 0.3) is 10.0 Å². The van der Waals surface area contributed by atoms with E-state index in [1.165, 1.54) is 11.4 Å². The van der Waals surface area contributed by atoms with Gasteiger partial charge in [0.2, 0.25) is 0 Å². The number of rotatable bonds is 5. The van der Waals surface area contributed by atoms with Crippen molar-refractivity contribution in [2.24, 2.45) is 5.92 Å². The molecular weight excluding hydrogens is 314 g/mol. The van der Waals surface area contributed by atoms with Crippen molar-refractivity contribution in [3.63, 3.8) is 0 Å². The lowest BCUT2D eigenvalue weighted by Gasteiger charge is -2.20. The monoisotopic (exact) mass is 329 g/mol. The number of likely N-dealkylation sites (N-methyl/N-ethyl adjacent to an activating group) is 1. The third-order valence-corrected chi connectivity index (χ3v) is 5.94. The van der Waals surface area contributed by atoms with E-state index in [-0.39, 0.29) is 22.6 Å². The third kappa shape index (κ3) is 2.66. The van der Waals surface area contributed by atoms with Gasteiger partial charge in [-0.15, -0.1) is 0 Å². The van der Waals surface area contributed by atoms with E-state index in [1.54, 1.807) is 24.4 Å². The third-order valence-electron chi connectivity index (χ3n) is 3.71. The molecule has 0 bridgehead atoms. The number of aromatic nitrogens is 2. The Labute approximate surface area is 128 Å². The minimum absolute atomic E-state index is 0.0589. The fraction of sp³-hybridized carbons (Fsp3) is 0.462. The normalized spacial score (nSPS) is 17.5. The highest BCUT2D eigenvalue weighted by atomic mass is 35.5. The molecule has 0 amide bonds. The molecule has 0 radical (unpaired) electrons. The highest BCUT2D eigenvalue weighted by Crippen LogP contribution is 2.33. The van der Waals surface area contributed by atoms with E-state index in [0.29, 0.717) is 5.65 Å². The van der Waals surface area contributed by atoms with Crippen LogP contribution in [-0.2, 0) is 10.0 Å². The van der Waals surface area contributed by atoms with Crippen LogP contribution in [0.5, 0.6) is 0 Å². The fourth-order valence-electron chi connectivity index (χ4n) is 2.31. The summed E-state index contributed by atoms with van der Waals surface area (Å²) in [5.41, 5.74) is 0.470. The van der Waals surface area contributed by atoms with Crippen LogP contribution in [0.2, 0.25) is 5.15 Å². The molecule has 2 heterocycles. The maximum Gasteiger partial charge on any atom is 0.262 e. The molecular formula is C13H16ClN3O3S. The van der Waals surface area contributed by atoms with Gasteiger partial charge in [0.05, 0.1) is 6.10 Å². The molecule has 1 unspecified atom stereocenters. The number of aliphatic hydroxyl groups excluding tert-OH is 1. The second-order valence-corrected chi connectivity index (χ2v) is 7.65. The van der Waals surface area contributed by atoms with Gasteiger partial charge in [-0.1, -0.05) is 17.7 Å². The van der Waals surface area contributed by atoms with Gasteiger partial charge in [-0.25, -0.2) is 13.4 Å². The van der Waals surface area contributed by atoms with E-state index in [4.69, 9.17) is 11.6 Å². The van der Waals surface area contributed by atoms with Crippen LogP contribution in [0.3, 0.4) is 0 Å². The van der Waals surface area contributed by atoms with Crippen molar-refractivity contribution in [3.8, 4) is 0 Å². The first kappa shape index (κ1) is 14.8. The van der Waals surface area contributed by atoms with Crippen LogP contribution in [0, 0.1) is 5.92 Å². The maximum absolute atomic E-state index is 12.7. The lowest BCUT2D eigenvalue weighted by atomic mass is 10.2. The van der Waals surface area contributed by atoms with Crippen molar-refractivity contribution in [1.29, 1.82) is 0 Å². The standard InChI is InChI=1S/C13H16ClN3O3S/c1-16(8-10(18)9-5-6-9)21(19,20)13-12(14)15-11-4-2-3-7-17(11)13/h2-4,7,9-10,18H,5-6,8H2,1H3. The van der Waals surface area contributed by atoms with Gasteiger partial charge in [-0.2, -0.15) is 4.31 Å². The van der Waals surface area contributed by atoms with Gasteiger partial charge in [0, 0.05) is 19.8 Å². The molecule has 1 aliphatic carbocycles. The number of halogens is 1. The van der Waals surface area contributed by atoms with E-state index in [9.17, 15) is 13.5 Å². The van der Waals surface area contributed by atoms with Gasteiger partial charge in [0.1, 0.15) is 5.65 Å². The molecule has 1 saturated carbocycles. The van der Waals surface area contributed by atoms with Gasteiger partial charge in [0.15, 0.2) is 10.2 Å². The van der Waals surface area contributed by atoms with E-state index in [2.05, 4.69) is 4.98 Å². The van der Waals surface area contributed by atoms with Gasteiger partial charge >= 0.3 is 0 Å². The number of hydrogen-bond donors (Lipinski definition) is 1. The number of sulfonamides is 1. The summed E-state index contributed by atoms with van der Waals surface area (Å²) >= 11 is 6.01. The Balaban J connectivity index is 1.97. The summed E-state index contributed by atoms with van der Waals surface area (Å²) in [6.07, 6.45) is 2.87. The number of hydrogen-bond acceptors (Lipinski definition) is 4. The molecule has 2 aromatic heterocycles. The number of nitrogens with zero attached hydrogens (tertiary/aromatic N) is 3. The topological polar surface area (TPSA) is 74.9 Å². The van der Waals surface area contributed by atoms with Crippen LogP contribution in [-0.4, -0.2) is 46.9 Å². The highest BCUT2D eigenvalue weighted by molar-refractivity contribution is 7.89. The first-order valence-electron chi connectivity index (χ1n) is 6.68. The van der Waals surface area contributed by atoms with Crippen LogP contribution < -0.4 is 0 Å². The largest absolute Gasteiger partial charge is 0.391 e. The molecule has 1 fully saturated rings. The Kier molecular flexibility index (Phi) is 3.69. The quantitative estimate of drug-likeness (QED) is 0.899. The average Bonchev–Trinajstić information content (AvgIpc) is 3.20. The summed E-state index contributed by atoms with van der Waals surface area (Å²) in [7, 11) is -2.37. The lowest BCUT2D eigenvalue weighted by molar-refractivity contribution is 0.131. The molecule has 3 rings (SSSR count). The molecule has 0 aliphatic heterocycles. The Morgan fingerprint density at radius 3 is 2.90 bits per heavy atom. The fourth-order valence-corrected chi connectivity index (χ4v) is 4.09. The summed E-state index contributed by atoms with van der Waals surface area (Å²) < 4.78 is 27.9. The first-order chi connectivity index (χ1) is 9.91. The van der Waals surface area contributed by atoms with Crippen LogP contribution in [0.15, 0.2) is 29.4 Å². The molecule has 8 heteroatoms. The number of pyridine rings is 1. The minimum atomic E-state index is -3.81. The Bertz CT molecular complexity index is 770. The van der Waals surface area contributed by atoms with E-state index in [0.717, 1.165) is 17.1 Å². The molecule has 0 aromatic carbocycles. The first-order valence-corrected chi connectivity index (χ1v) is 8.50. The van der Waals surface area contributed by atoms with Crippen LogP contribution >= 0.6 is 11.6 Å². The summed E-state index contributed by atoms with van der Waals surface area (Å²) in [6, 6.07) is 5.16. The Hall–Kier alpha value is -1.15. The maximum atomic E-state index is 12.7. The van der Waals surface area contributed by atoms with E-state index < -0.39 is 16.1 Å². The van der Waals surface area contributed by atoms with Crippen molar-refractivity contribution in [1.82, 2.24) is 13.7 Å². The molecule has 21 heavy (non-hydrogen) atoms. The van der Waals surface area contributed by atoms with Crippen LogP contribution in [0.4, 0.5) is 0 Å². The Morgan fingerprint density at radius 1 is 1.52 bits per heavy atom. The molecule has 1 aliphatic rings. The molecule has 0 spiro atoms. The van der Waals surface area contributed by atoms with Crippen molar-refractivity contribution in [2.45, 2.75) is 24.0 Å². The lowest BCUT2D eigenvalue weighted by Crippen LogP contribution is -2.35. The van der Waals surface area contributed by atoms with E-state index >= 15 is 0 Å². The van der Waals surface area contributed by atoms with Crippen molar-refractivity contribution in [3.05, 3.63) is 29.5 Å². The molecule has 1 atom stereocenters. The highest BCUT2D eigenvalue weighted by Gasteiger charge is 2.35. The molecule has 114 valence electrons. The number of aliphatic hydroxyl groups is 1. The second-order valence-electron chi connectivity index (χ2n) is 5.33. The predicted octanol–water partition coefficient (Wildman–Crippen LogP) is 1.38. The summed E-state index contributed by atoms with van der Waals surface area (Å²) in [5, 5.41) is 9.82. The van der Waals surface area contributed by atoms with Gasteiger partial charge in [-0.05, 0) is 30.9 Å². The molecule has 2 aromatic rings. The van der Waals surface area contributed by atoms with Gasteiger partial charge < -0.3 is 5.11 Å². The van der Waals surface area contributed by atoms with E-state index in [1.807, 2.05) is 0 Å². The SMILES string of the molecule is CN(CC(O)C1CC1)S(=O)(=O)c1c(Cl)nc2ccccn12. The average molecular weight is 330 g/mol.